The standard InChI is InChI=1S/C17H14ClFN2O2/c1-10(22)20-16-13-8-12(19)6-7-15(13)21(17(16)23)9-11-4-2-3-5-14(11)18/h2-8,16H,9H2,1H3,(H,20,22)/t16-/m1/s1. The molecule has 4 nitrogen and oxygen atoms in total. The third-order valence-corrected chi connectivity index (χ3v) is 4.11. The molecule has 0 bridgehead atoms. The number of nitrogens with one attached hydrogen (secondary N) is 1. The van der Waals surface area contributed by atoms with E-state index < -0.39 is 11.9 Å². The molecule has 0 radical (unpaired) electrons. The van der Waals surface area contributed by atoms with Crippen molar-refractivity contribution < 1.29 is 14.0 Å². The quantitative estimate of drug-likeness (QED) is 0.938. The SMILES string of the molecule is CC(=O)N[C@H]1C(=O)N(Cc2ccccc2Cl)c2ccc(F)cc21. The average Bonchev–Trinajstić information content (AvgIpc) is 2.74. The zero-order valence-electron chi connectivity index (χ0n) is 12.3. The van der Waals surface area contributed by atoms with E-state index in [0.29, 0.717) is 16.3 Å². The average molecular weight is 333 g/mol. The molecule has 1 aliphatic rings. The zero-order valence-corrected chi connectivity index (χ0v) is 13.1. The lowest BCUT2D eigenvalue weighted by Crippen LogP contribution is -2.36. The molecule has 1 aliphatic heterocycles. The van der Waals surface area contributed by atoms with Crippen molar-refractivity contribution in [2.45, 2.75) is 19.5 Å². The van der Waals surface area contributed by atoms with E-state index in [2.05, 4.69) is 5.32 Å². The number of hydrogen-bond donors (Lipinski definition) is 1. The molecule has 0 fully saturated rings. The topological polar surface area (TPSA) is 49.4 Å². The maximum atomic E-state index is 13.6. The molecule has 0 saturated carbocycles. The first kappa shape index (κ1) is 15.5. The minimum atomic E-state index is -0.874. The van der Waals surface area contributed by atoms with Gasteiger partial charge < -0.3 is 10.2 Å². The second-order valence-electron chi connectivity index (χ2n) is 5.35. The van der Waals surface area contributed by atoms with Gasteiger partial charge >= 0.3 is 0 Å². The maximum Gasteiger partial charge on any atom is 0.254 e. The van der Waals surface area contributed by atoms with Gasteiger partial charge in [0.05, 0.1) is 12.2 Å². The van der Waals surface area contributed by atoms with Crippen molar-refractivity contribution in [2.24, 2.45) is 0 Å². The maximum absolute atomic E-state index is 13.6. The highest BCUT2D eigenvalue weighted by molar-refractivity contribution is 6.31. The van der Waals surface area contributed by atoms with E-state index in [4.69, 9.17) is 11.6 Å². The zero-order chi connectivity index (χ0) is 16.6. The van der Waals surface area contributed by atoms with Crippen LogP contribution in [0, 0.1) is 5.82 Å². The largest absolute Gasteiger partial charge is 0.341 e. The summed E-state index contributed by atoms with van der Waals surface area (Å²) in [6.45, 7) is 1.58. The molecule has 0 aromatic heterocycles. The molecule has 0 saturated heterocycles. The molecule has 2 aromatic rings. The van der Waals surface area contributed by atoms with Crippen LogP contribution in [0.1, 0.15) is 24.1 Å². The van der Waals surface area contributed by atoms with Crippen molar-refractivity contribution in [3.63, 3.8) is 0 Å². The van der Waals surface area contributed by atoms with Gasteiger partial charge in [0.2, 0.25) is 5.91 Å². The lowest BCUT2D eigenvalue weighted by molar-refractivity contribution is -0.126. The van der Waals surface area contributed by atoms with Gasteiger partial charge in [0.1, 0.15) is 11.9 Å². The van der Waals surface area contributed by atoms with Crippen molar-refractivity contribution in [1.29, 1.82) is 0 Å². The third-order valence-electron chi connectivity index (χ3n) is 3.74. The Kier molecular flexibility index (Phi) is 4.05. The van der Waals surface area contributed by atoms with E-state index in [0.717, 1.165) is 5.56 Å². The Balaban J connectivity index is 2.00. The Morgan fingerprint density at radius 2 is 2.04 bits per heavy atom. The van der Waals surface area contributed by atoms with E-state index >= 15 is 0 Å². The van der Waals surface area contributed by atoms with Crippen LogP contribution in [0.2, 0.25) is 5.02 Å². The van der Waals surface area contributed by atoms with Crippen LogP contribution in [0.3, 0.4) is 0 Å². The van der Waals surface area contributed by atoms with Gasteiger partial charge in [-0.2, -0.15) is 0 Å². The number of rotatable bonds is 3. The van der Waals surface area contributed by atoms with Crippen molar-refractivity contribution in [2.75, 3.05) is 4.90 Å². The summed E-state index contributed by atoms with van der Waals surface area (Å²) in [5, 5.41) is 3.12. The number of amides is 2. The van der Waals surface area contributed by atoms with Gasteiger partial charge in [0.25, 0.3) is 5.91 Å². The molecule has 1 heterocycles. The molecule has 2 aromatic carbocycles. The van der Waals surface area contributed by atoms with Crippen molar-refractivity contribution in [3.05, 3.63) is 64.4 Å². The Bertz CT molecular complexity index is 794. The van der Waals surface area contributed by atoms with Crippen LogP contribution < -0.4 is 10.2 Å². The summed E-state index contributed by atoms with van der Waals surface area (Å²) in [6, 6.07) is 10.4. The molecular formula is C17H14ClFN2O2. The summed E-state index contributed by atoms with van der Waals surface area (Å²) in [5.41, 5.74) is 1.81. The fraction of sp³-hybridized carbons (Fsp3) is 0.176. The fourth-order valence-corrected chi connectivity index (χ4v) is 2.91. The van der Waals surface area contributed by atoms with E-state index in [9.17, 15) is 14.0 Å². The highest BCUT2D eigenvalue weighted by Crippen LogP contribution is 2.37. The van der Waals surface area contributed by atoms with Crippen molar-refractivity contribution in [1.82, 2.24) is 5.32 Å². The number of fused-ring (bicyclic) bond motifs is 1. The molecule has 1 atom stereocenters. The van der Waals surface area contributed by atoms with Gasteiger partial charge in [-0.3, -0.25) is 9.59 Å². The van der Waals surface area contributed by atoms with Gasteiger partial charge in [0, 0.05) is 17.5 Å². The fourth-order valence-electron chi connectivity index (χ4n) is 2.71. The van der Waals surface area contributed by atoms with Crippen molar-refractivity contribution in [3.8, 4) is 0 Å². The molecular weight excluding hydrogens is 319 g/mol. The summed E-state index contributed by atoms with van der Waals surface area (Å²) in [4.78, 5) is 25.5. The minimum Gasteiger partial charge on any atom is -0.341 e. The summed E-state index contributed by atoms with van der Waals surface area (Å²) in [5.74, 6) is -1.11. The van der Waals surface area contributed by atoms with Gasteiger partial charge in [-0.15, -0.1) is 0 Å². The second kappa shape index (κ2) is 6.01. The molecule has 3 rings (SSSR count). The lowest BCUT2D eigenvalue weighted by Gasteiger charge is -2.19. The first-order valence-electron chi connectivity index (χ1n) is 7.08. The van der Waals surface area contributed by atoms with Crippen molar-refractivity contribution >= 4 is 29.1 Å². The predicted molar refractivity (Wildman–Crippen MR) is 85.6 cm³/mol. The lowest BCUT2D eigenvalue weighted by atomic mass is 10.1. The normalized spacial score (nSPS) is 16.4. The number of nitrogens with zero attached hydrogens (tertiary/aromatic N) is 1. The summed E-state index contributed by atoms with van der Waals surface area (Å²) < 4.78 is 13.6. The summed E-state index contributed by atoms with van der Waals surface area (Å²) >= 11 is 6.16. The monoisotopic (exact) mass is 332 g/mol. The van der Waals surface area contributed by atoms with Crippen LogP contribution in [0.4, 0.5) is 10.1 Å². The van der Waals surface area contributed by atoms with E-state index in [-0.39, 0.29) is 18.4 Å². The Hall–Kier alpha value is -2.40. The van der Waals surface area contributed by atoms with Crippen LogP contribution in [0.25, 0.3) is 0 Å². The highest BCUT2D eigenvalue weighted by atomic mass is 35.5. The highest BCUT2D eigenvalue weighted by Gasteiger charge is 2.38. The number of carbonyl (C=O) groups excluding carboxylic acids is 2. The molecule has 23 heavy (non-hydrogen) atoms. The minimum absolute atomic E-state index is 0.257. The van der Waals surface area contributed by atoms with Crippen LogP contribution in [0.15, 0.2) is 42.5 Å². The smallest absolute Gasteiger partial charge is 0.254 e. The van der Waals surface area contributed by atoms with Crippen LogP contribution in [0.5, 0.6) is 0 Å². The summed E-state index contributed by atoms with van der Waals surface area (Å²) in [7, 11) is 0. The Morgan fingerprint density at radius 1 is 1.30 bits per heavy atom. The summed E-state index contributed by atoms with van der Waals surface area (Å²) in [6.07, 6.45) is 0. The number of anilines is 1. The molecule has 0 unspecified atom stereocenters. The number of halogens is 2. The van der Waals surface area contributed by atoms with Gasteiger partial charge in [-0.25, -0.2) is 4.39 Å². The molecule has 6 heteroatoms. The van der Waals surface area contributed by atoms with E-state index in [1.54, 1.807) is 18.2 Å². The Labute approximate surface area is 137 Å². The number of carbonyl (C=O) groups is 2. The number of hydrogen-bond acceptors (Lipinski definition) is 2. The van der Waals surface area contributed by atoms with Crippen LogP contribution in [-0.4, -0.2) is 11.8 Å². The van der Waals surface area contributed by atoms with E-state index in [1.165, 1.54) is 24.0 Å². The number of benzene rings is 2. The third kappa shape index (κ3) is 2.92. The first-order chi connectivity index (χ1) is 11.0. The Morgan fingerprint density at radius 3 is 2.74 bits per heavy atom. The predicted octanol–water partition coefficient (Wildman–Crippen LogP) is 3.20. The molecule has 1 N–H and O–H groups in total. The van der Waals surface area contributed by atoms with Gasteiger partial charge in [0.15, 0.2) is 0 Å². The van der Waals surface area contributed by atoms with Gasteiger partial charge in [-0.1, -0.05) is 29.8 Å². The molecule has 2 amide bonds. The van der Waals surface area contributed by atoms with E-state index in [1.807, 2.05) is 12.1 Å². The molecule has 0 spiro atoms. The first-order valence-corrected chi connectivity index (χ1v) is 7.46. The molecule has 0 aliphatic carbocycles. The van der Waals surface area contributed by atoms with Crippen LogP contribution >= 0.6 is 11.6 Å². The van der Waals surface area contributed by atoms with Gasteiger partial charge in [-0.05, 0) is 29.8 Å². The molecule has 118 valence electrons. The van der Waals surface area contributed by atoms with Crippen LogP contribution in [-0.2, 0) is 16.1 Å². The second-order valence-corrected chi connectivity index (χ2v) is 5.76.